The molecule has 2 aliphatic heterocycles. The van der Waals surface area contributed by atoms with E-state index in [9.17, 15) is 9.59 Å². The third-order valence-corrected chi connectivity index (χ3v) is 7.14. The summed E-state index contributed by atoms with van der Waals surface area (Å²) in [5.74, 6) is 0.741. The molecule has 2 saturated heterocycles. The van der Waals surface area contributed by atoms with E-state index in [2.05, 4.69) is 10.3 Å². The lowest BCUT2D eigenvalue weighted by Crippen LogP contribution is -2.58. The molecule has 1 spiro atoms. The lowest BCUT2D eigenvalue weighted by molar-refractivity contribution is 0.0842. The maximum Gasteiger partial charge on any atom is 0.410 e. The number of amides is 3. The summed E-state index contributed by atoms with van der Waals surface area (Å²) in [5.41, 5.74) is 1.10. The number of anilines is 1. The van der Waals surface area contributed by atoms with Gasteiger partial charge in [-0.1, -0.05) is 49.6 Å². The average molecular weight is 462 g/mol. The number of rotatable bonds is 4. The van der Waals surface area contributed by atoms with E-state index in [4.69, 9.17) is 9.73 Å². The Morgan fingerprint density at radius 2 is 1.85 bits per heavy atom. The Morgan fingerprint density at radius 3 is 2.56 bits per heavy atom. The van der Waals surface area contributed by atoms with Crippen LogP contribution in [0.1, 0.15) is 50.5 Å². The zero-order valence-corrected chi connectivity index (χ0v) is 19.4. The molecule has 0 atom stereocenters. The fraction of sp³-hybridized carbons (Fsp3) is 0.462. The Labute approximate surface area is 200 Å². The van der Waals surface area contributed by atoms with Gasteiger partial charge < -0.3 is 9.64 Å². The molecule has 3 aliphatic rings. The second-order valence-electron chi connectivity index (χ2n) is 9.31. The van der Waals surface area contributed by atoms with Crippen LogP contribution >= 0.6 is 0 Å². The SMILES string of the molecule is O=C(OCc1ccccc1)N1CCC2(CC1)C(=NC1CCCCC1)NC(=O)N2c1cccnc1. The standard InChI is InChI=1S/C26H31N5O3/c32-24-29-23(28-21-10-5-2-6-11-21)26(31(24)22-12-7-15-27-18-22)13-16-30(17-14-26)25(33)34-19-20-8-3-1-4-9-20/h1,3-4,7-9,12,15,18,21H,2,5-6,10-11,13-14,16-17,19H2,(H,28,29,32). The van der Waals surface area contributed by atoms with E-state index in [1.165, 1.54) is 19.3 Å². The van der Waals surface area contributed by atoms with Crippen molar-refractivity contribution in [2.24, 2.45) is 4.99 Å². The van der Waals surface area contributed by atoms with Crippen LogP contribution in [0.25, 0.3) is 0 Å². The van der Waals surface area contributed by atoms with Crippen LogP contribution in [0.15, 0.2) is 59.9 Å². The molecule has 34 heavy (non-hydrogen) atoms. The molecule has 0 unspecified atom stereocenters. The number of nitrogens with zero attached hydrogens (tertiary/aromatic N) is 4. The van der Waals surface area contributed by atoms with Crippen molar-refractivity contribution in [3.05, 3.63) is 60.4 Å². The van der Waals surface area contributed by atoms with Crippen LogP contribution in [0, 0.1) is 0 Å². The quantitative estimate of drug-likeness (QED) is 0.726. The van der Waals surface area contributed by atoms with Gasteiger partial charge in [0.2, 0.25) is 0 Å². The first-order chi connectivity index (χ1) is 16.7. The smallest absolute Gasteiger partial charge is 0.410 e. The fourth-order valence-corrected chi connectivity index (χ4v) is 5.30. The van der Waals surface area contributed by atoms with Gasteiger partial charge in [0.15, 0.2) is 0 Å². The molecule has 8 heteroatoms. The molecule has 1 N–H and O–H groups in total. The number of hydrogen-bond acceptors (Lipinski definition) is 5. The lowest BCUT2D eigenvalue weighted by Gasteiger charge is -2.43. The predicted molar refractivity (Wildman–Crippen MR) is 130 cm³/mol. The lowest BCUT2D eigenvalue weighted by atomic mass is 9.85. The monoisotopic (exact) mass is 461 g/mol. The molecular weight excluding hydrogens is 430 g/mol. The zero-order chi connectivity index (χ0) is 23.4. The van der Waals surface area contributed by atoms with Gasteiger partial charge in [0.25, 0.3) is 0 Å². The van der Waals surface area contributed by atoms with E-state index in [1.807, 2.05) is 42.5 Å². The molecule has 3 amide bonds. The van der Waals surface area contributed by atoms with Gasteiger partial charge in [0.1, 0.15) is 18.0 Å². The van der Waals surface area contributed by atoms with Crippen molar-refractivity contribution in [2.45, 2.75) is 63.1 Å². The number of carbonyl (C=O) groups is 2. The predicted octanol–water partition coefficient (Wildman–Crippen LogP) is 4.51. The maximum absolute atomic E-state index is 13.2. The number of pyridine rings is 1. The number of amidine groups is 1. The van der Waals surface area contributed by atoms with Crippen molar-refractivity contribution in [1.82, 2.24) is 15.2 Å². The second kappa shape index (κ2) is 9.83. The number of likely N-dealkylation sites (tertiary alicyclic amines) is 1. The van der Waals surface area contributed by atoms with Crippen LogP contribution in [0.2, 0.25) is 0 Å². The fourth-order valence-electron chi connectivity index (χ4n) is 5.30. The number of nitrogens with one attached hydrogen (secondary N) is 1. The van der Waals surface area contributed by atoms with Gasteiger partial charge in [0.05, 0.1) is 17.9 Å². The van der Waals surface area contributed by atoms with Crippen molar-refractivity contribution in [2.75, 3.05) is 18.0 Å². The van der Waals surface area contributed by atoms with Gasteiger partial charge in [-0.3, -0.25) is 20.2 Å². The van der Waals surface area contributed by atoms with Gasteiger partial charge in [-0.15, -0.1) is 0 Å². The van der Waals surface area contributed by atoms with Crippen molar-refractivity contribution >= 4 is 23.6 Å². The highest BCUT2D eigenvalue weighted by atomic mass is 16.6. The Morgan fingerprint density at radius 1 is 1.09 bits per heavy atom. The van der Waals surface area contributed by atoms with Crippen LogP contribution in [0.3, 0.4) is 0 Å². The highest BCUT2D eigenvalue weighted by Crippen LogP contribution is 2.38. The largest absolute Gasteiger partial charge is 0.445 e. The van der Waals surface area contributed by atoms with Crippen molar-refractivity contribution < 1.29 is 14.3 Å². The first-order valence-corrected chi connectivity index (χ1v) is 12.2. The number of hydrogen-bond donors (Lipinski definition) is 1. The Balaban J connectivity index is 1.35. The summed E-state index contributed by atoms with van der Waals surface area (Å²) in [6.07, 6.45) is 9.99. The van der Waals surface area contributed by atoms with Crippen LogP contribution in [-0.2, 0) is 11.3 Å². The zero-order valence-electron chi connectivity index (χ0n) is 19.4. The minimum Gasteiger partial charge on any atom is -0.445 e. The number of aliphatic imine (C=N–C) groups is 1. The van der Waals surface area contributed by atoms with Gasteiger partial charge in [-0.25, -0.2) is 9.59 Å². The molecule has 3 heterocycles. The minimum absolute atomic E-state index is 0.178. The molecule has 1 saturated carbocycles. The molecule has 5 rings (SSSR count). The molecule has 0 bridgehead atoms. The normalized spacial score (nSPS) is 21.6. The van der Waals surface area contributed by atoms with Crippen LogP contribution < -0.4 is 10.2 Å². The molecule has 3 fully saturated rings. The van der Waals surface area contributed by atoms with Crippen LogP contribution in [-0.4, -0.2) is 52.5 Å². The summed E-state index contributed by atoms with van der Waals surface area (Å²) < 4.78 is 5.55. The maximum atomic E-state index is 13.2. The second-order valence-corrected chi connectivity index (χ2v) is 9.31. The highest BCUT2D eigenvalue weighted by molar-refractivity contribution is 6.19. The number of piperidine rings is 1. The number of ether oxygens (including phenoxy) is 1. The summed E-state index contributed by atoms with van der Waals surface area (Å²) in [5, 5.41) is 3.08. The molecular formula is C26H31N5O3. The van der Waals surface area contributed by atoms with E-state index < -0.39 is 5.54 Å². The first-order valence-electron chi connectivity index (χ1n) is 12.2. The molecule has 2 aromatic rings. The van der Waals surface area contributed by atoms with E-state index in [0.29, 0.717) is 25.9 Å². The highest BCUT2D eigenvalue weighted by Gasteiger charge is 2.53. The summed E-state index contributed by atoms with van der Waals surface area (Å²) in [6.45, 7) is 1.23. The Kier molecular flexibility index (Phi) is 6.47. The van der Waals surface area contributed by atoms with Gasteiger partial charge >= 0.3 is 12.1 Å². The van der Waals surface area contributed by atoms with E-state index in [0.717, 1.165) is 29.9 Å². The van der Waals surface area contributed by atoms with E-state index in [-0.39, 0.29) is 24.8 Å². The summed E-state index contributed by atoms with van der Waals surface area (Å²) >= 11 is 0. The topological polar surface area (TPSA) is 87.1 Å². The summed E-state index contributed by atoms with van der Waals surface area (Å²) in [4.78, 5) is 38.8. The first kappa shape index (κ1) is 22.4. The minimum atomic E-state index is -0.603. The third-order valence-electron chi connectivity index (χ3n) is 7.14. The van der Waals surface area contributed by atoms with Crippen LogP contribution in [0.5, 0.6) is 0 Å². The van der Waals surface area contributed by atoms with Crippen LogP contribution in [0.4, 0.5) is 15.3 Å². The van der Waals surface area contributed by atoms with Gasteiger partial charge in [0, 0.05) is 19.3 Å². The third kappa shape index (κ3) is 4.49. The molecule has 178 valence electrons. The van der Waals surface area contributed by atoms with Crippen molar-refractivity contribution in [3.63, 3.8) is 0 Å². The summed E-state index contributed by atoms with van der Waals surface area (Å²) in [7, 11) is 0. The average Bonchev–Trinajstić information content (AvgIpc) is 3.14. The number of aromatic nitrogens is 1. The van der Waals surface area contributed by atoms with E-state index in [1.54, 1.807) is 22.2 Å². The molecule has 0 radical (unpaired) electrons. The van der Waals surface area contributed by atoms with Gasteiger partial charge in [-0.05, 0) is 43.4 Å². The Bertz CT molecular complexity index is 1030. The van der Waals surface area contributed by atoms with E-state index >= 15 is 0 Å². The number of urea groups is 1. The molecule has 8 nitrogen and oxygen atoms in total. The number of carbonyl (C=O) groups excluding carboxylic acids is 2. The molecule has 1 aromatic carbocycles. The molecule has 1 aromatic heterocycles. The summed E-state index contributed by atoms with van der Waals surface area (Å²) in [6, 6.07) is 13.5. The van der Waals surface area contributed by atoms with Crippen molar-refractivity contribution in [1.29, 1.82) is 0 Å². The van der Waals surface area contributed by atoms with Gasteiger partial charge in [-0.2, -0.15) is 0 Å². The number of benzene rings is 1. The Hall–Kier alpha value is -3.42. The van der Waals surface area contributed by atoms with Crippen molar-refractivity contribution in [3.8, 4) is 0 Å². The molecule has 1 aliphatic carbocycles.